The number of pyridine rings is 1. The van der Waals surface area contributed by atoms with Gasteiger partial charge in [-0.3, -0.25) is 9.55 Å². The van der Waals surface area contributed by atoms with Gasteiger partial charge >= 0.3 is 0 Å². The number of thiol groups is 1. The van der Waals surface area contributed by atoms with Crippen molar-refractivity contribution in [1.29, 1.82) is 0 Å². The molecule has 0 saturated carbocycles. The number of nitrogens with zero attached hydrogens (tertiary/aromatic N) is 3. The minimum absolute atomic E-state index is 0.00325. The molecular formula is C42H39N3S. The lowest BCUT2D eigenvalue weighted by atomic mass is 9.84. The minimum Gasteiger partial charge on any atom is -0.292 e. The van der Waals surface area contributed by atoms with E-state index < -0.39 is 0 Å². The number of imidazole rings is 1. The van der Waals surface area contributed by atoms with Crippen molar-refractivity contribution in [1.82, 2.24) is 14.5 Å². The van der Waals surface area contributed by atoms with Crippen LogP contribution in [0.5, 0.6) is 0 Å². The molecule has 7 rings (SSSR count). The fraction of sp³-hybridized carbons (Fsp3) is 0.190. The molecule has 0 spiro atoms. The highest BCUT2D eigenvalue weighted by atomic mass is 32.1. The Morgan fingerprint density at radius 2 is 1.26 bits per heavy atom. The summed E-state index contributed by atoms with van der Waals surface area (Å²) in [5.74, 6) is 0.897. The van der Waals surface area contributed by atoms with Crippen molar-refractivity contribution in [2.45, 2.75) is 57.3 Å². The molecule has 0 fully saturated rings. The second-order valence-electron chi connectivity index (χ2n) is 14.2. The number of hydrogen-bond donors (Lipinski definition) is 1. The van der Waals surface area contributed by atoms with Gasteiger partial charge in [-0.2, -0.15) is 0 Å². The van der Waals surface area contributed by atoms with E-state index >= 15 is 0 Å². The van der Waals surface area contributed by atoms with E-state index in [4.69, 9.17) is 22.6 Å². The molecule has 4 heteroatoms. The third-order valence-corrected chi connectivity index (χ3v) is 9.26. The lowest BCUT2D eigenvalue weighted by Crippen LogP contribution is -2.11. The molecule has 46 heavy (non-hydrogen) atoms. The van der Waals surface area contributed by atoms with Crippen LogP contribution in [0.15, 0.2) is 126 Å². The molecule has 3 nitrogen and oxygen atoms in total. The lowest BCUT2D eigenvalue weighted by Gasteiger charge is -2.21. The molecular weight excluding hydrogens is 579 g/mol. The van der Waals surface area contributed by atoms with Crippen LogP contribution in [0.1, 0.15) is 52.7 Å². The summed E-state index contributed by atoms with van der Waals surface area (Å²) in [6.07, 6.45) is 1.88. The van der Waals surface area contributed by atoms with Crippen molar-refractivity contribution in [3.05, 3.63) is 133 Å². The normalized spacial score (nSPS) is 12.2. The van der Waals surface area contributed by atoms with Gasteiger partial charge in [-0.15, -0.1) is 12.6 Å². The average Bonchev–Trinajstić information content (AvgIpc) is 3.44. The second-order valence-corrected chi connectivity index (χ2v) is 14.7. The summed E-state index contributed by atoms with van der Waals surface area (Å²) in [6, 6.07) is 41.1. The van der Waals surface area contributed by atoms with Crippen LogP contribution in [0, 0.1) is 0 Å². The molecule has 0 aliphatic rings. The summed E-state index contributed by atoms with van der Waals surface area (Å²) in [5.41, 5.74) is 12.2. The quantitative estimate of drug-likeness (QED) is 0.199. The topological polar surface area (TPSA) is 30.7 Å². The first kappa shape index (κ1) is 30.0. The number of rotatable bonds is 4. The van der Waals surface area contributed by atoms with Crippen LogP contribution in [-0.2, 0) is 10.8 Å². The lowest BCUT2D eigenvalue weighted by molar-refractivity contribution is 0.590. The van der Waals surface area contributed by atoms with E-state index in [1.165, 1.54) is 11.1 Å². The number of fused-ring (bicyclic) bond motifs is 2. The molecule has 0 aliphatic heterocycles. The Labute approximate surface area is 277 Å². The largest absolute Gasteiger partial charge is 0.292 e. The van der Waals surface area contributed by atoms with Gasteiger partial charge < -0.3 is 0 Å². The number of para-hydroxylation sites is 1. The number of aromatic nitrogens is 3. The summed E-state index contributed by atoms with van der Waals surface area (Å²) in [7, 11) is 0. The van der Waals surface area contributed by atoms with Gasteiger partial charge in [-0.1, -0.05) is 108 Å². The number of hydrogen-bond acceptors (Lipinski definition) is 3. The standard InChI is InChI=1S/C42H39N3S/c1-41(2,3)30-19-21-32(22-20-30)45-36-17-10-16-34(33-15-7-8-18-37(33)46)39(36)44-40(45)29-13-9-12-27(24-29)35-26-31(42(4,5)6)25-28-14-11-23-43-38(28)35/h7-26,46H,1-6H3. The van der Waals surface area contributed by atoms with Crippen LogP contribution in [0.4, 0.5) is 0 Å². The third-order valence-electron chi connectivity index (χ3n) is 8.87. The van der Waals surface area contributed by atoms with Crippen molar-refractivity contribution in [3.63, 3.8) is 0 Å². The van der Waals surface area contributed by atoms with Crippen molar-refractivity contribution in [2.75, 3.05) is 0 Å². The van der Waals surface area contributed by atoms with Crippen molar-refractivity contribution >= 4 is 34.6 Å². The van der Waals surface area contributed by atoms with Crippen molar-refractivity contribution < 1.29 is 0 Å². The van der Waals surface area contributed by atoms with E-state index in [1.807, 2.05) is 24.4 Å². The first-order valence-corrected chi connectivity index (χ1v) is 16.3. The van der Waals surface area contributed by atoms with E-state index in [-0.39, 0.29) is 10.8 Å². The van der Waals surface area contributed by atoms with Crippen LogP contribution in [0.25, 0.3) is 61.3 Å². The van der Waals surface area contributed by atoms with Gasteiger partial charge in [0.25, 0.3) is 0 Å². The zero-order valence-electron chi connectivity index (χ0n) is 27.3. The highest BCUT2D eigenvalue weighted by molar-refractivity contribution is 7.80. The highest BCUT2D eigenvalue weighted by Crippen LogP contribution is 2.39. The van der Waals surface area contributed by atoms with Crippen LogP contribution >= 0.6 is 12.6 Å². The molecule has 0 unspecified atom stereocenters. The van der Waals surface area contributed by atoms with E-state index in [0.29, 0.717) is 0 Å². The van der Waals surface area contributed by atoms with E-state index in [2.05, 4.69) is 143 Å². The zero-order valence-corrected chi connectivity index (χ0v) is 28.2. The molecule has 0 amide bonds. The summed E-state index contributed by atoms with van der Waals surface area (Å²) < 4.78 is 2.30. The van der Waals surface area contributed by atoms with Gasteiger partial charge in [-0.05, 0) is 81.6 Å². The maximum Gasteiger partial charge on any atom is 0.145 e. The molecule has 0 radical (unpaired) electrons. The van der Waals surface area contributed by atoms with Gasteiger partial charge in [0, 0.05) is 38.9 Å². The first-order valence-electron chi connectivity index (χ1n) is 15.9. The molecule has 5 aromatic carbocycles. The predicted octanol–water partition coefficient (Wildman–Crippen LogP) is 11.5. The van der Waals surface area contributed by atoms with E-state index in [9.17, 15) is 0 Å². The first-order chi connectivity index (χ1) is 22.0. The average molecular weight is 618 g/mol. The molecule has 0 bridgehead atoms. The Morgan fingerprint density at radius 1 is 0.565 bits per heavy atom. The molecule has 2 heterocycles. The molecule has 228 valence electrons. The fourth-order valence-electron chi connectivity index (χ4n) is 6.25. The van der Waals surface area contributed by atoms with Crippen LogP contribution in [-0.4, -0.2) is 14.5 Å². The highest BCUT2D eigenvalue weighted by Gasteiger charge is 2.21. The van der Waals surface area contributed by atoms with E-state index in [1.54, 1.807) is 0 Å². The molecule has 2 aromatic heterocycles. The molecule has 0 saturated heterocycles. The molecule has 7 aromatic rings. The second kappa shape index (κ2) is 11.3. The minimum atomic E-state index is 0.00325. The Morgan fingerprint density at radius 3 is 2.00 bits per heavy atom. The summed E-state index contributed by atoms with van der Waals surface area (Å²) in [4.78, 5) is 11.2. The summed E-state index contributed by atoms with van der Waals surface area (Å²) in [5, 5.41) is 1.15. The van der Waals surface area contributed by atoms with Gasteiger partial charge in [0.2, 0.25) is 0 Å². The van der Waals surface area contributed by atoms with Gasteiger partial charge in [0.05, 0.1) is 16.6 Å². The Hall–Kier alpha value is -4.67. The Bertz CT molecular complexity index is 2230. The van der Waals surface area contributed by atoms with Gasteiger partial charge in [0.15, 0.2) is 0 Å². The number of benzene rings is 5. The Kier molecular flexibility index (Phi) is 7.37. The SMILES string of the molecule is CC(C)(C)c1ccc(-n2c(-c3cccc(-c4cc(C(C)(C)C)cc5cccnc45)c3)nc3c(-c4ccccc4S)cccc32)cc1. The maximum atomic E-state index is 5.42. The summed E-state index contributed by atoms with van der Waals surface area (Å²) in [6.45, 7) is 13.5. The monoisotopic (exact) mass is 617 g/mol. The summed E-state index contributed by atoms with van der Waals surface area (Å²) >= 11 is 4.82. The smallest absolute Gasteiger partial charge is 0.145 e. The zero-order chi connectivity index (χ0) is 32.2. The fourth-order valence-corrected chi connectivity index (χ4v) is 6.54. The maximum absolute atomic E-state index is 5.42. The molecule has 0 aliphatic carbocycles. The van der Waals surface area contributed by atoms with Gasteiger partial charge in [0.1, 0.15) is 5.82 Å². The van der Waals surface area contributed by atoms with Crippen molar-refractivity contribution in [3.8, 4) is 39.3 Å². The Balaban J connectivity index is 1.48. The predicted molar refractivity (Wildman–Crippen MR) is 197 cm³/mol. The van der Waals surface area contributed by atoms with Crippen LogP contribution in [0.2, 0.25) is 0 Å². The van der Waals surface area contributed by atoms with E-state index in [0.717, 1.165) is 66.2 Å². The van der Waals surface area contributed by atoms with Crippen LogP contribution < -0.4 is 0 Å². The van der Waals surface area contributed by atoms with Gasteiger partial charge in [-0.25, -0.2) is 4.98 Å². The van der Waals surface area contributed by atoms with Crippen LogP contribution in [0.3, 0.4) is 0 Å². The molecule has 0 N–H and O–H groups in total. The van der Waals surface area contributed by atoms with Crippen molar-refractivity contribution in [2.24, 2.45) is 0 Å². The third kappa shape index (κ3) is 5.41. The molecule has 0 atom stereocenters.